The Hall–Kier alpha value is -2.70. The van der Waals surface area contributed by atoms with E-state index in [1.807, 2.05) is 0 Å². The van der Waals surface area contributed by atoms with Crippen LogP contribution in [0.1, 0.15) is 40.0 Å². The van der Waals surface area contributed by atoms with Crippen LogP contribution in [-0.4, -0.2) is 33.7 Å². The lowest BCUT2D eigenvalue weighted by molar-refractivity contribution is -0.137. The van der Waals surface area contributed by atoms with Crippen molar-refractivity contribution in [2.45, 2.75) is 19.3 Å². The van der Waals surface area contributed by atoms with Gasteiger partial charge in [-0.2, -0.15) is 0 Å². The van der Waals surface area contributed by atoms with Crippen LogP contribution in [0.15, 0.2) is 18.2 Å². The van der Waals surface area contributed by atoms with Crippen molar-refractivity contribution in [3.05, 3.63) is 29.3 Å². The zero-order valence-electron chi connectivity index (χ0n) is 10.5. The van der Waals surface area contributed by atoms with Crippen LogP contribution in [-0.2, 0) is 9.59 Å². The zero-order chi connectivity index (χ0) is 14.9. The van der Waals surface area contributed by atoms with E-state index in [0.717, 1.165) is 0 Å². The van der Waals surface area contributed by atoms with Crippen molar-refractivity contribution in [3.8, 4) is 0 Å². The van der Waals surface area contributed by atoms with Crippen LogP contribution in [0.3, 0.4) is 0 Å². The van der Waals surface area contributed by atoms with Crippen LogP contribution in [0.4, 0.5) is 5.69 Å². The summed E-state index contributed by atoms with van der Waals surface area (Å²) in [6.45, 7) is 0. The molecule has 0 unspecified atom stereocenters. The third kappa shape index (κ3) is 2.25. The summed E-state index contributed by atoms with van der Waals surface area (Å²) in [6.07, 6.45) is -0.314. The highest BCUT2D eigenvalue weighted by Gasteiger charge is 2.40. The van der Waals surface area contributed by atoms with Crippen molar-refractivity contribution in [3.63, 3.8) is 0 Å². The van der Waals surface area contributed by atoms with Gasteiger partial charge in [0.25, 0.3) is 11.8 Å². The molecule has 0 radical (unpaired) electrons. The summed E-state index contributed by atoms with van der Waals surface area (Å²) in [7, 11) is 0. The summed E-state index contributed by atoms with van der Waals surface area (Å²) in [6, 6.07) is 4.43. The fourth-order valence-electron chi connectivity index (χ4n) is 2.04. The molecule has 7 nitrogen and oxygen atoms in total. The highest BCUT2D eigenvalue weighted by Crippen LogP contribution is 2.28. The van der Waals surface area contributed by atoms with Gasteiger partial charge in [-0.25, -0.2) is 4.90 Å². The van der Waals surface area contributed by atoms with E-state index in [4.69, 9.17) is 10.8 Å². The van der Waals surface area contributed by atoms with Crippen LogP contribution in [0, 0.1) is 0 Å². The summed E-state index contributed by atoms with van der Waals surface area (Å²) in [4.78, 5) is 46.9. The van der Waals surface area contributed by atoms with Gasteiger partial charge >= 0.3 is 5.97 Å². The average Bonchev–Trinajstić information content (AvgIpc) is 2.62. The number of carbonyl (C=O) groups excluding carboxylic acids is 3. The number of carbonyl (C=O) groups is 4. The van der Waals surface area contributed by atoms with Gasteiger partial charge in [-0.1, -0.05) is 6.07 Å². The summed E-state index contributed by atoms with van der Waals surface area (Å²) < 4.78 is 0. The van der Waals surface area contributed by atoms with Crippen molar-refractivity contribution < 1.29 is 24.3 Å². The molecule has 3 N–H and O–H groups in total. The quantitative estimate of drug-likeness (QED) is 0.615. The number of nitrogens with zero attached hydrogens (tertiary/aromatic N) is 1. The molecule has 0 fully saturated rings. The lowest BCUT2D eigenvalue weighted by Crippen LogP contribution is -2.36. The van der Waals surface area contributed by atoms with Crippen molar-refractivity contribution in [1.29, 1.82) is 0 Å². The van der Waals surface area contributed by atoms with E-state index in [0.29, 0.717) is 4.90 Å². The fourth-order valence-corrected chi connectivity index (χ4v) is 2.04. The predicted octanol–water partition coefficient (Wildman–Crippen LogP) is 0.646. The minimum atomic E-state index is -1.04. The van der Waals surface area contributed by atoms with Crippen molar-refractivity contribution in [1.82, 2.24) is 4.90 Å². The Morgan fingerprint density at radius 2 is 1.85 bits per heavy atom. The number of carboxylic acid groups (broad SMARTS) is 1. The van der Waals surface area contributed by atoms with Gasteiger partial charge in [0.15, 0.2) is 0 Å². The zero-order valence-corrected chi connectivity index (χ0v) is 10.5. The maximum absolute atomic E-state index is 12.1. The highest BCUT2D eigenvalue weighted by atomic mass is 16.4. The van der Waals surface area contributed by atoms with Gasteiger partial charge in [0.1, 0.15) is 0 Å². The number of fused-ring (bicyclic) bond motifs is 1. The number of nitrogens with two attached hydrogens (primary N) is 1. The van der Waals surface area contributed by atoms with Gasteiger partial charge in [0.2, 0.25) is 5.91 Å². The third-order valence-corrected chi connectivity index (χ3v) is 2.98. The maximum Gasteiger partial charge on any atom is 0.303 e. The number of hydrogen-bond donors (Lipinski definition) is 2. The highest BCUT2D eigenvalue weighted by molar-refractivity contribution is 6.30. The smallest absolute Gasteiger partial charge is 0.303 e. The van der Waals surface area contributed by atoms with Gasteiger partial charge in [-0.05, 0) is 18.6 Å². The molecule has 20 heavy (non-hydrogen) atoms. The lowest BCUT2D eigenvalue weighted by Gasteiger charge is -2.11. The number of amides is 3. The normalized spacial score (nSPS) is 13.5. The van der Waals surface area contributed by atoms with Crippen molar-refractivity contribution in [2.75, 3.05) is 5.73 Å². The number of carboxylic acids is 1. The Morgan fingerprint density at radius 3 is 2.45 bits per heavy atom. The molecule has 0 bridgehead atoms. The minimum Gasteiger partial charge on any atom is -0.481 e. The number of aliphatic carboxylic acids is 1. The maximum atomic E-state index is 12.1. The molecule has 1 aromatic rings. The van der Waals surface area contributed by atoms with Gasteiger partial charge in [-0.15, -0.1) is 0 Å². The van der Waals surface area contributed by atoms with Crippen LogP contribution in [0.5, 0.6) is 0 Å². The topological polar surface area (TPSA) is 118 Å². The first-order chi connectivity index (χ1) is 9.43. The number of rotatable bonds is 4. The second-order valence-electron chi connectivity index (χ2n) is 4.36. The van der Waals surface area contributed by atoms with Gasteiger partial charge in [0.05, 0.1) is 11.1 Å². The first-order valence-electron chi connectivity index (χ1n) is 5.95. The van der Waals surface area contributed by atoms with Crippen LogP contribution in [0.25, 0.3) is 0 Å². The van der Waals surface area contributed by atoms with Crippen molar-refractivity contribution in [2.24, 2.45) is 0 Å². The lowest BCUT2D eigenvalue weighted by atomic mass is 10.1. The number of benzene rings is 1. The van der Waals surface area contributed by atoms with Gasteiger partial charge < -0.3 is 10.8 Å². The summed E-state index contributed by atoms with van der Waals surface area (Å²) >= 11 is 0. The van der Waals surface area contributed by atoms with Gasteiger partial charge in [0, 0.05) is 18.5 Å². The molecule has 0 saturated heterocycles. The molecule has 0 aromatic heterocycles. The van der Waals surface area contributed by atoms with Gasteiger partial charge in [-0.3, -0.25) is 19.2 Å². The number of nitrogen functional groups attached to an aromatic ring is 1. The molecular weight excluding hydrogens is 264 g/mol. The molecule has 1 aliphatic heterocycles. The Labute approximate surface area is 114 Å². The van der Waals surface area contributed by atoms with Crippen LogP contribution >= 0.6 is 0 Å². The molecule has 7 heteroatoms. The first kappa shape index (κ1) is 13.7. The van der Waals surface area contributed by atoms with Crippen LogP contribution in [0.2, 0.25) is 0 Å². The Kier molecular flexibility index (Phi) is 3.51. The molecule has 0 spiro atoms. The SMILES string of the molecule is Nc1cccc2c1C(=O)N(C(=O)CCCC(=O)O)C2=O. The number of imide groups is 3. The molecule has 104 valence electrons. The molecule has 0 atom stereocenters. The molecule has 1 aromatic carbocycles. The van der Waals surface area contributed by atoms with E-state index >= 15 is 0 Å². The number of anilines is 1. The van der Waals surface area contributed by atoms with E-state index in [1.54, 1.807) is 0 Å². The van der Waals surface area contributed by atoms with Crippen LogP contribution < -0.4 is 5.73 Å². The van der Waals surface area contributed by atoms with E-state index in [-0.39, 0.29) is 36.1 Å². The Balaban J connectivity index is 2.18. The standard InChI is InChI=1S/C13H12N2O5/c14-8-4-1-3-7-11(8)13(20)15(12(7)19)9(16)5-2-6-10(17)18/h1,3-4H,2,5-6,14H2,(H,17,18). The Bertz CT molecular complexity index is 623. The fraction of sp³-hybridized carbons (Fsp3) is 0.231. The largest absolute Gasteiger partial charge is 0.481 e. The summed E-state index contributed by atoms with van der Waals surface area (Å²) in [5.74, 6) is -3.21. The second-order valence-corrected chi connectivity index (χ2v) is 4.36. The molecule has 2 rings (SSSR count). The average molecular weight is 276 g/mol. The molecule has 1 aliphatic rings. The molecule has 0 aliphatic carbocycles. The summed E-state index contributed by atoms with van der Waals surface area (Å²) in [5, 5.41) is 8.50. The van der Waals surface area contributed by atoms with Crippen molar-refractivity contribution >= 4 is 29.4 Å². The molecular formula is C13H12N2O5. The third-order valence-electron chi connectivity index (χ3n) is 2.98. The summed E-state index contributed by atoms with van der Waals surface area (Å²) in [5.41, 5.74) is 5.91. The predicted molar refractivity (Wildman–Crippen MR) is 67.8 cm³/mol. The molecule has 1 heterocycles. The second kappa shape index (κ2) is 5.12. The monoisotopic (exact) mass is 276 g/mol. The van der Waals surface area contributed by atoms with E-state index in [9.17, 15) is 19.2 Å². The molecule has 3 amide bonds. The number of hydrogen-bond acceptors (Lipinski definition) is 5. The molecule has 0 saturated carbocycles. The van der Waals surface area contributed by atoms with E-state index in [1.165, 1.54) is 18.2 Å². The Morgan fingerprint density at radius 1 is 1.15 bits per heavy atom. The van der Waals surface area contributed by atoms with E-state index in [2.05, 4.69) is 0 Å². The van der Waals surface area contributed by atoms with E-state index < -0.39 is 23.7 Å². The minimum absolute atomic E-state index is 0.0316. The first-order valence-corrected chi connectivity index (χ1v) is 5.95.